The summed E-state index contributed by atoms with van der Waals surface area (Å²) in [5.74, 6) is -1.11. The Bertz CT molecular complexity index is 1220. The number of fused-ring (bicyclic) bond motifs is 1. The molecule has 2 aliphatic rings. The van der Waals surface area contributed by atoms with Crippen molar-refractivity contribution in [1.29, 1.82) is 0 Å². The Morgan fingerprint density at radius 2 is 1.82 bits per heavy atom. The maximum Gasteiger partial charge on any atom is 0.451 e. The monoisotopic (exact) mass is 482 g/mol. The average Bonchev–Trinajstić information content (AvgIpc) is 3.33. The number of hydrogen-bond acceptors (Lipinski definition) is 7. The summed E-state index contributed by atoms with van der Waals surface area (Å²) in [7, 11) is 0. The molecule has 34 heavy (non-hydrogen) atoms. The molecule has 5 rings (SSSR count). The third-order valence-electron chi connectivity index (χ3n) is 6.28. The van der Waals surface area contributed by atoms with Crippen molar-refractivity contribution in [2.45, 2.75) is 38.4 Å². The minimum Gasteiger partial charge on any atom is -0.355 e. The second kappa shape index (κ2) is 8.09. The minimum absolute atomic E-state index is 0.0600. The van der Waals surface area contributed by atoms with Gasteiger partial charge in [-0.25, -0.2) is 33.4 Å². The average molecular weight is 482 g/mol. The van der Waals surface area contributed by atoms with E-state index in [-0.39, 0.29) is 30.3 Å². The van der Waals surface area contributed by atoms with Crippen LogP contribution in [-0.2, 0) is 17.5 Å². The number of carbonyl (C=O) groups is 1. The van der Waals surface area contributed by atoms with E-state index < -0.39 is 30.4 Å². The summed E-state index contributed by atoms with van der Waals surface area (Å²) < 4.78 is 65.7. The second-order valence-electron chi connectivity index (χ2n) is 8.53. The minimum atomic E-state index is -4.70. The second-order valence-corrected chi connectivity index (χ2v) is 8.53. The Morgan fingerprint density at radius 1 is 1.06 bits per heavy atom. The molecule has 2 saturated heterocycles. The summed E-state index contributed by atoms with van der Waals surface area (Å²) in [5, 5.41) is 3.92. The summed E-state index contributed by atoms with van der Waals surface area (Å²) >= 11 is 0. The smallest absolute Gasteiger partial charge is 0.355 e. The first-order valence-electron chi connectivity index (χ1n) is 10.6. The van der Waals surface area contributed by atoms with Crippen LogP contribution in [0.3, 0.4) is 0 Å². The van der Waals surface area contributed by atoms with Gasteiger partial charge in [0.1, 0.15) is 23.7 Å². The highest BCUT2D eigenvalue weighted by molar-refractivity contribution is 5.95. The zero-order valence-corrected chi connectivity index (χ0v) is 17.7. The number of piperidine rings is 1. The predicted molar refractivity (Wildman–Crippen MR) is 109 cm³/mol. The van der Waals surface area contributed by atoms with Crippen molar-refractivity contribution in [3.05, 3.63) is 30.5 Å². The fourth-order valence-corrected chi connectivity index (χ4v) is 4.54. The maximum atomic E-state index is 13.0. The zero-order chi connectivity index (χ0) is 24.1. The molecule has 2 fully saturated rings. The fourth-order valence-electron chi connectivity index (χ4n) is 4.54. The highest BCUT2D eigenvalue weighted by Gasteiger charge is 2.46. The van der Waals surface area contributed by atoms with E-state index in [1.165, 1.54) is 17.2 Å². The van der Waals surface area contributed by atoms with Crippen LogP contribution in [0.1, 0.15) is 25.1 Å². The van der Waals surface area contributed by atoms with Crippen molar-refractivity contribution < 1.29 is 26.7 Å². The van der Waals surface area contributed by atoms with Crippen LogP contribution >= 0.6 is 0 Å². The Hall–Kier alpha value is -3.45. The normalized spacial score (nSPS) is 18.6. The van der Waals surface area contributed by atoms with Gasteiger partial charge in [0.25, 0.3) is 6.43 Å². The molecule has 180 valence electrons. The molecule has 0 unspecified atom stereocenters. The highest BCUT2D eigenvalue weighted by atomic mass is 19.4. The van der Waals surface area contributed by atoms with Gasteiger partial charge in [0, 0.05) is 37.7 Å². The van der Waals surface area contributed by atoms with Crippen LogP contribution in [0, 0.1) is 5.41 Å². The summed E-state index contributed by atoms with van der Waals surface area (Å²) in [5.41, 5.74) is 0.286. The molecular formula is C20H19F5N8O. The topological polar surface area (TPSA) is 92.9 Å². The van der Waals surface area contributed by atoms with Gasteiger partial charge in [0.05, 0.1) is 12.4 Å². The quantitative estimate of drug-likeness (QED) is 0.528. The molecule has 0 aromatic carbocycles. The molecule has 2 aliphatic heterocycles. The molecule has 5 heterocycles. The zero-order valence-electron chi connectivity index (χ0n) is 17.7. The lowest BCUT2D eigenvalue weighted by atomic mass is 9.77. The molecule has 9 nitrogen and oxygen atoms in total. The number of alkyl halides is 5. The summed E-state index contributed by atoms with van der Waals surface area (Å²) in [4.78, 5) is 31.5. The summed E-state index contributed by atoms with van der Waals surface area (Å²) in [6.45, 7) is 0.741. The van der Waals surface area contributed by atoms with Gasteiger partial charge in [-0.15, -0.1) is 0 Å². The molecular weight excluding hydrogens is 463 g/mol. The number of rotatable bonds is 4. The largest absolute Gasteiger partial charge is 0.451 e. The van der Waals surface area contributed by atoms with Crippen molar-refractivity contribution in [2.24, 2.45) is 5.41 Å². The molecule has 3 aromatic rings. The molecule has 1 amide bonds. The van der Waals surface area contributed by atoms with Gasteiger partial charge < -0.3 is 4.90 Å². The van der Waals surface area contributed by atoms with E-state index in [9.17, 15) is 26.7 Å². The number of hydrogen-bond donors (Lipinski definition) is 0. The third-order valence-corrected chi connectivity index (χ3v) is 6.28. The van der Waals surface area contributed by atoms with Gasteiger partial charge in [-0.1, -0.05) is 0 Å². The van der Waals surface area contributed by atoms with Crippen molar-refractivity contribution in [1.82, 2.24) is 29.7 Å². The molecule has 1 spiro atoms. The van der Waals surface area contributed by atoms with Gasteiger partial charge in [-0.05, 0) is 18.9 Å². The third kappa shape index (κ3) is 4.12. The lowest BCUT2D eigenvalue weighted by Crippen LogP contribution is -2.42. The Kier molecular flexibility index (Phi) is 5.32. The maximum absolute atomic E-state index is 13.0. The van der Waals surface area contributed by atoms with E-state index in [4.69, 9.17) is 0 Å². The molecule has 0 bridgehead atoms. The molecule has 14 heteroatoms. The number of carbonyl (C=O) groups excluding carboxylic acids is 1. The summed E-state index contributed by atoms with van der Waals surface area (Å²) in [6.07, 6.45) is -1.93. The van der Waals surface area contributed by atoms with Crippen LogP contribution in [0.4, 0.5) is 33.6 Å². The van der Waals surface area contributed by atoms with E-state index in [2.05, 4.69) is 25.0 Å². The van der Waals surface area contributed by atoms with Crippen molar-refractivity contribution in [2.75, 3.05) is 29.4 Å². The summed E-state index contributed by atoms with van der Waals surface area (Å²) in [6, 6.07) is 1.30. The SMILES string of the molecule is O=C1CC2(CCN(c3cnc4cnn(CC(F)F)c4n3)CC2)CN1c1ccnc(C(F)(F)F)n1. The van der Waals surface area contributed by atoms with Gasteiger partial charge in [0.2, 0.25) is 11.7 Å². The number of aromatic nitrogens is 6. The van der Waals surface area contributed by atoms with E-state index in [0.717, 1.165) is 10.9 Å². The lowest BCUT2D eigenvalue weighted by molar-refractivity contribution is -0.145. The van der Waals surface area contributed by atoms with E-state index in [1.54, 1.807) is 6.20 Å². The van der Waals surface area contributed by atoms with Crippen LogP contribution in [0.25, 0.3) is 11.2 Å². The van der Waals surface area contributed by atoms with E-state index >= 15 is 0 Å². The standard InChI is InChI=1S/C20H19F5N8O/c21-13(22)10-33-17-12(8-28-33)27-9-15(29-17)31-5-2-19(3-6-31)7-16(34)32(11-19)14-1-4-26-18(30-14)20(23,24)25/h1,4,8-9,13H,2-3,5-7,10-11H2. The van der Waals surface area contributed by atoms with Crippen LogP contribution in [0.2, 0.25) is 0 Å². The van der Waals surface area contributed by atoms with Gasteiger partial charge >= 0.3 is 6.18 Å². The number of anilines is 2. The number of amides is 1. The van der Waals surface area contributed by atoms with Crippen LogP contribution < -0.4 is 9.80 Å². The molecule has 0 atom stereocenters. The lowest BCUT2D eigenvalue weighted by Gasteiger charge is -2.39. The van der Waals surface area contributed by atoms with Crippen LogP contribution in [-0.4, -0.2) is 61.7 Å². The molecule has 0 radical (unpaired) electrons. The fraction of sp³-hybridized carbons (Fsp3) is 0.500. The first-order valence-corrected chi connectivity index (χ1v) is 10.6. The molecule has 3 aromatic heterocycles. The van der Waals surface area contributed by atoms with Crippen molar-refractivity contribution in [3.8, 4) is 0 Å². The highest BCUT2D eigenvalue weighted by Crippen LogP contribution is 2.43. The van der Waals surface area contributed by atoms with Gasteiger partial charge in [0.15, 0.2) is 5.65 Å². The number of halogens is 5. The van der Waals surface area contributed by atoms with Crippen LogP contribution in [0.5, 0.6) is 0 Å². The molecule has 0 aliphatic carbocycles. The first-order chi connectivity index (χ1) is 16.1. The van der Waals surface area contributed by atoms with Crippen LogP contribution in [0.15, 0.2) is 24.7 Å². The predicted octanol–water partition coefficient (Wildman–Crippen LogP) is 2.92. The van der Waals surface area contributed by atoms with E-state index in [1.807, 2.05) is 4.90 Å². The first kappa shape index (κ1) is 22.3. The Balaban J connectivity index is 1.30. The Labute approximate surface area is 189 Å². The van der Waals surface area contributed by atoms with Crippen molar-refractivity contribution in [3.63, 3.8) is 0 Å². The van der Waals surface area contributed by atoms with Crippen molar-refractivity contribution >= 4 is 28.7 Å². The van der Waals surface area contributed by atoms with E-state index in [0.29, 0.717) is 37.3 Å². The molecule has 0 N–H and O–H groups in total. The van der Waals surface area contributed by atoms with Gasteiger partial charge in [-0.3, -0.25) is 9.69 Å². The van der Waals surface area contributed by atoms with Gasteiger partial charge in [-0.2, -0.15) is 18.3 Å². The Morgan fingerprint density at radius 3 is 2.53 bits per heavy atom. The number of nitrogens with zero attached hydrogens (tertiary/aromatic N) is 8. The molecule has 0 saturated carbocycles.